The van der Waals surface area contributed by atoms with Crippen molar-refractivity contribution in [2.75, 3.05) is 11.9 Å². The molecule has 0 radical (unpaired) electrons. The standard InChI is InChI=1S/C10H12ClN5/c1-3-12-9-4-10(14-6-13-9)16-5-8(11)7(2)15-16/h4-6H,3H2,1-2H3,(H,12,13,14). The van der Waals surface area contributed by atoms with Gasteiger partial charge in [0.15, 0.2) is 5.82 Å². The molecule has 2 aromatic heterocycles. The summed E-state index contributed by atoms with van der Waals surface area (Å²) in [4.78, 5) is 8.22. The molecular formula is C10H12ClN5. The molecule has 2 heterocycles. The maximum atomic E-state index is 5.94. The predicted octanol–water partition coefficient (Wildman–Crippen LogP) is 2.06. The topological polar surface area (TPSA) is 55.6 Å². The molecule has 2 rings (SSSR count). The molecular weight excluding hydrogens is 226 g/mol. The van der Waals surface area contributed by atoms with E-state index >= 15 is 0 Å². The SMILES string of the molecule is CCNc1cc(-n2cc(Cl)c(C)n2)ncn1. The van der Waals surface area contributed by atoms with Gasteiger partial charge in [0.25, 0.3) is 0 Å². The van der Waals surface area contributed by atoms with Gasteiger partial charge in [0, 0.05) is 12.6 Å². The summed E-state index contributed by atoms with van der Waals surface area (Å²) in [7, 11) is 0. The van der Waals surface area contributed by atoms with E-state index in [9.17, 15) is 0 Å². The van der Waals surface area contributed by atoms with Crippen LogP contribution >= 0.6 is 11.6 Å². The first kappa shape index (κ1) is 10.9. The average Bonchev–Trinajstić information content (AvgIpc) is 2.60. The maximum absolute atomic E-state index is 5.94. The molecule has 0 spiro atoms. The van der Waals surface area contributed by atoms with Gasteiger partial charge in [0.05, 0.1) is 16.9 Å². The van der Waals surface area contributed by atoms with Gasteiger partial charge in [-0.15, -0.1) is 0 Å². The zero-order chi connectivity index (χ0) is 11.5. The lowest BCUT2D eigenvalue weighted by Gasteiger charge is -2.03. The Balaban J connectivity index is 2.36. The van der Waals surface area contributed by atoms with Crippen molar-refractivity contribution >= 4 is 17.4 Å². The van der Waals surface area contributed by atoms with Crippen LogP contribution in [0.5, 0.6) is 0 Å². The van der Waals surface area contributed by atoms with E-state index in [0.29, 0.717) is 10.8 Å². The monoisotopic (exact) mass is 237 g/mol. The van der Waals surface area contributed by atoms with Crippen LogP contribution < -0.4 is 5.32 Å². The highest BCUT2D eigenvalue weighted by atomic mass is 35.5. The lowest BCUT2D eigenvalue weighted by molar-refractivity contribution is 0.826. The number of nitrogens with one attached hydrogen (secondary N) is 1. The molecule has 0 aliphatic rings. The van der Waals surface area contributed by atoms with E-state index < -0.39 is 0 Å². The summed E-state index contributed by atoms with van der Waals surface area (Å²) in [6.45, 7) is 4.68. The summed E-state index contributed by atoms with van der Waals surface area (Å²) in [5, 5.41) is 7.99. The quantitative estimate of drug-likeness (QED) is 0.888. The summed E-state index contributed by atoms with van der Waals surface area (Å²) >= 11 is 5.94. The fourth-order valence-electron chi connectivity index (χ4n) is 1.31. The molecule has 0 amide bonds. The number of aromatic nitrogens is 4. The van der Waals surface area contributed by atoms with Crippen molar-refractivity contribution in [1.82, 2.24) is 19.7 Å². The molecule has 0 unspecified atom stereocenters. The summed E-state index contributed by atoms with van der Waals surface area (Å²) in [5.74, 6) is 1.47. The maximum Gasteiger partial charge on any atom is 0.158 e. The Labute approximate surface area is 98.5 Å². The molecule has 6 heteroatoms. The van der Waals surface area contributed by atoms with E-state index in [1.54, 1.807) is 10.9 Å². The highest BCUT2D eigenvalue weighted by Gasteiger charge is 2.05. The number of aryl methyl sites for hydroxylation is 1. The van der Waals surface area contributed by atoms with Crippen LogP contribution in [0.3, 0.4) is 0 Å². The van der Waals surface area contributed by atoms with E-state index in [0.717, 1.165) is 18.1 Å². The van der Waals surface area contributed by atoms with E-state index in [1.807, 2.05) is 19.9 Å². The number of anilines is 1. The van der Waals surface area contributed by atoms with Gasteiger partial charge >= 0.3 is 0 Å². The van der Waals surface area contributed by atoms with Crippen molar-refractivity contribution in [3.8, 4) is 5.82 Å². The van der Waals surface area contributed by atoms with Crippen molar-refractivity contribution < 1.29 is 0 Å². The Morgan fingerprint density at radius 3 is 2.88 bits per heavy atom. The number of hydrogen-bond acceptors (Lipinski definition) is 4. The molecule has 5 nitrogen and oxygen atoms in total. The molecule has 0 aliphatic carbocycles. The first-order valence-corrected chi connectivity index (χ1v) is 5.36. The second-order valence-electron chi connectivity index (χ2n) is 3.30. The molecule has 0 fully saturated rings. The van der Waals surface area contributed by atoms with Crippen LogP contribution in [-0.2, 0) is 0 Å². The van der Waals surface area contributed by atoms with E-state index in [2.05, 4.69) is 20.4 Å². The molecule has 2 aromatic rings. The van der Waals surface area contributed by atoms with Gasteiger partial charge in [-0.3, -0.25) is 0 Å². The van der Waals surface area contributed by atoms with Crippen molar-refractivity contribution in [2.45, 2.75) is 13.8 Å². The third kappa shape index (κ3) is 2.14. The molecule has 0 saturated carbocycles. The fraction of sp³-hybridized carbons (Fsp3) is 0.300. The van der Waals surface area contributed by atoms with E-state index in [4.69, 9.17) is 11.6 Å². The molecule has 0 saturated heterocycles. The van der Waals surface area contributed by atoms with Gasteiger partial charge in [-0.25, -0.2) is 14.6 Å². The summed E-state index contributed by atoms with van der Waals surface area (Å²) < 4.78 is 1.64. The van der Waals surface area contributed by atoms with Crippen molar-refractivity contribution in [2.24, 2.45) is 0 Å². The Morgan fingerprint density at radius 2 is 2.25 bits per heavy atom. The van der Waals surface area contributed by atoms with Crippen molar-refractivity contribution in [3.63, 3.8) is 0 Å². The van der Waals surface area contributed by atoms with Crippen LogP contribution in [0.25, 0.3) is 5.82 Å². The Hall–Kier alpha value is -1.62. The molecule has 0 aliphatic heterocycles. The van der Waals surface area contributed by atoms with Gasteiger partial charge in [0.1, 0.15) is 12.1 Å². The molecule has 1 N–H and O–H groups in total. The average molecular weight is 238 g/mol. The molecule has 16 heavy (non-hydrogen) atoms. The van der Waals surface area contributed by atoms with Crippen LogP contribution in [0.1, 0.15) is 12.6 Å². The van der Waals surface area contributed by atoms with Gasteiger partial charge in [-0.2, -0.15) is 5.10 Å². The Kier molecular flexibility index (Phi) is 3.05. The Bertz CT molecular complexity index is 474. The van der Waals surface area contributed by atoms with Crippen LogP contribution in [0.4, 0.5) is 5.82 Å². The number of hydrogen-bond donors (Lipinski definition) is 1. The third-order valence-corrected chi connectivity index (χ3v) is 2.46. The van der Waals surface area contributed by atoms with E-state index in [1.165, 1.54) is 6.33 Å². The largest absolute Gasteiger partial charge is 0.370 e. The number of halogens is 1. The normalized spacial score (nSPS) is 10.4. The number of rotatable bonds is 3. The summed E-state index contributed by atoms with van der Waals surface area (Å²) in [6, 6.07) is 1.83. The minimum absolute atomic E-state index is 0.628. The lowest BCUT2D eigenvalue weighted by Crippen LogP contribution is -2.03. The van der Waals surface area contributed by atoms with Crippen LogP contribution in [0, 0.1) is 6.92 Å². The van der Waals surface area contributed by atoms with Gasteiger partial charge in [0.2, 0.25) is 0 Å². The molecule has 0 atom stereocenters. The van der Waals surface area contributed by atoms with E-state index in [-0.39, 0.29) is 0 Å². The summed E-state index contributed by atoms with van der Waals surface area (Å²) in [6.07, 6.45) is 3.23. The van der Waals surface area contributed by atoms with Crippen LogP contribution in [0.2, 0.25) is 5.02 Å². The van der Waals surface area contributed by atoms with Crippen LogP contribution in [0.15, 0.2) is 18.6 Å². The van der Waals surface area contributed by atoms with Crippen LogP contribution in [-0.4, -0.2) is 26.3 Å². The minimum Gasteiger partial charge on any atom is -0.370 e. The molecule has 0 aromatic carbocycles. The first-order chi connectivity index (χ1) is 7.70. The molecule has 84 valence electrons. The molecule has 0 bridgehead atoms. The second-order valence-corrected chi connectivity index (χ2v) is 3.71. The highest BCUT2D eigenvalue weighted by Crippen LogP contribution is 2.15. The third-order valence-electron chi connectivity index (χ3n) is 2.08. The first-order valence-electron chi connectivity index (χ1n) is 4.98. The predicted molar refractivity (Wildman–Crippen MR) is 63.1 cm³/mol. The second kappa shape index (κ2) is 4.49. The van der Waals surface area contributed by atoms with Crippen molar-refractivity contribution in [3.05, 3.63) is 29.3 Å². The van der Waals surface area contributed by atoms with Gasteiger partial charge in [-0.05, 0) is 13.8 Å². The Morgan fingerprint density at radius 1 is 1.44 bits per heavy atom. The lowest BCUT2D eigenvalue weighted by atomic mass is 10.5. The fourth-order valence-corrected chi connectivity index (χ4v) is 1.44. The summed E-state index contributed by atoms with van der Waals surface area (Å²) in [5.41, 5.74) is 0.783. The van der Waals surface area contributed by atoms with Crippen molar-refractivity contribution in [1.29, 1.82) is 0 Å². The number of nitrogens with zero attached hydrogens (tertiary/aromatic N) is 4. The van der Waals surface area contributed by atoms with Gasteiger partial charge < -0.3 is 5.32 Å². The highest BCUT2D eigenvalue weighted by molar-refractivity contribution is 6.31. The zero-order valence-corrected chi connectivity index (χ0v) is 9.86. The minimum atomic E-state index is 0.628. The smallest absolute Gasteiger partial charge is 0.158 e. The zero-order valence-electron chi connectivity index (χ0n) is 9.11. The van der Waals surface area contributed by atoms with Gasteiger partial charge in [-0.1, -0.05) is 11.6 Å².